The van der Waals surface area contributed by atoms with Crippen molar-refractivity contribution in [3.63, 3.8) is 0 Å². The maximum Gasteiger partial charge on any atom is 0.203 e. The number of hydrogen-bond acceptors (Lipinski definition) is 2. The number of benzene rings is 1. The molecule has 0 saturated carbocycles. The first-order valence-corrected chi connectivity index (χ1v) is 5.79. The minimum atomic E-state index is -0.207. The number of anilines is 1. The van der Waals surface area contributed by atoms with E-state index in [1.807, 2.05) is 12.3 Å². The van der Waals surface area contributed by atoms with Gasteiger partial charge in [0.1, 0.15) is 5.82 Å². The number of aromatic nitrogens is 2. The van der Waals surface area contributed by atoms with E-state index >= 15 is 0 Å². The molecule has 1 aromatic carbocycles. The number of hydrogen-bond donors (Lipinski definition) is 1. The van der Waals surface area contributed by atoms with E-state index in [4.69, 9.17) is 0 Å². The summed E-state index contributed by atoms with van der Waals surface area (Å²) >= 11 is 0. The van der Waals surface area contributed by atoms with E-state index in [9.17, 15) is 4.39 Å². The Bertz CT molecular complexity index is 479. The van der Waals surface area contributed by atoms with Gasteiger partial charge in [0, 0.05) is 25.5 Å². The average molecular weight is 233 g/mol. The van der Waals surface area contributed by atoms with Crippen LogP contribution in [0.25, 0.3) is 0 Å². The normalized spacial score (nSPS) is 10.5. The van der Waals surface area contributed by atoms with Crippen molar-refractivity contribution in [1.29, 1.82) is 0 Å². The van der Waals surface area contributed by atoms with Crippen LogP contribution in [-0.2, 0) is 13.1 Å². The molecular weight excluding hydrogens is 217 g/mol. The maximum absolute atomic E-state index is 13.0. The van der Waals surface area contributed by atoms with Crippen LogP contribution < -0.4 is 5.32 Å². The highest BCUT2D eigenvalue weighted by Crippen LogP contribution is 2.09. The number of nitrogens with one attached hydrogen (secondary N) is 1. The lowest BCUT2D eigenvalue weighted by Gasteiger charge is -2.08. The fraction of sp³-hybridized carbons (Fsp3) is 0.308. The van der Waals surface area contributed by atoms with Crippen LogP contribution in [0, 0.1) is 5.82 Å². The lowest BCUT2D eigenvalue weighted by atomic mass is 10.2. The zero-order chi connectivity index (χ0) is 12.1. The molecule has 0 fully saturated rings. The van der Waals surface area contributed by atoms with Crippen molar-refractivity contribution in [1.82, 2.24) is 9.55 Å². The van der Waals surface area contributed by atoms with Gasteiger partial charge < -0.3 is 9.88 Å². The molecule has 17 heavy (non-hydrogen) atoms. The Kier molecular flexibility index (Phi) is 3.75. The van der Waals surface area contributed by atoms with Crippen molar-refractivity contribution in [3.05, 3.63) is 48.0 Å². The molecule has 90 valence electrons. The third-order valence-corrected chi connectivity index (χ3v) is 2.52. The molecule has 0 aliphatic heterocycles. The number of nitrogens with zero attached hydrogens (tertiary/aromatic N) is 2. The van der Waals surface area contributed by atoms with Gasteiger partial charge in [-0.3, -0.25) is 0 Å². The molecule has 2 aromatic rings. The molecule has 2 rings (SSSR count). The van der Waals surface area contributed by atoms with Crippen molar-refractivity contribution < 1.29 is 4.39 Å². The van der Waals surface area contributed by atoms with Crippen molar-refractivity contribution in [2.45, 2.75) is 26.4 Å². The van der Waals surface area contributed by atoms with Crippen LogP contribution in [-0.4, -0.2) is 9.55 Å². The molecule has 0 aliphatic rings. The van der Waals surface area contributed by atoms with Crippen LogP contribution in [0.2, 0.25) is 0 Å². The monoisotopic (exact) mass is 233 g/mol. The highest BCUT2D eigenvalue weighted by molar-refractivity contribution is 5.29. The molecule has 0 bridgehead atoms. The van der Waals surface area contributed by atoms with E-state index in [1.165, 1.54) is 12.1 Å². The van der Waals surface area contributed by atoms with Crippen LogP contribution in [0.3, 0.4) is 0 Å². The summed E-state index contributed by atoms with van der Waals surface area (Å²) in [6, 6.07) is 6.58. The molecule has 0 unspecified atom stereocenters. The topological polar surface area (TPSA) is 29.9 Å². The Hall–Kier alpha value is -1.84. The third kappa shape index (κ3) is 3.06. The van der Waals surface area contributed by atoms with Crippen LogP contribution in [0.4, 0.5) is 10.3 Å². The van der Waals surface area contributed by atoms with Gasteiger partial charge in [0.15, 0.2) is 0 Å². The van der Waals surface area contributed by atoms with Gasteiger partial charge in [0.05, 0.1) is 0 Å². The maximum atomic E-state index is 13.0. The summed E-state index contributed by atoms with van der Waals surface area (Å²) in [6.07, 6.45) is 4.77. The van der Waals surface area contributed by atoms with Crippen LogP contribution in [0.15, 0.2) is 36.7 Å². The molecule has 4 heteroatoms. The number of aryl methyl sites for hydroxylation is 1. The Labute approximate surface area is 100 Å². The predicted octanol–water partition coefficient (Wildman–Crippen LogP) is 3.04. The minimum Gasteiger partial charge on any atom is -0.352 e. The van der Waals surface area contributed by atoms with E-state index in [0.717, 1.165) is 24.5 Å². The first-order valence-electron chi connectivity index (χ1n) is 5.79. The Morgan fingerprint density at radius 1 is 1.41 bits per heavy atom. The molecule has 1 N–H and O–H groups in total. The summed E-state index contributed by atoms with van der Waals surface area (Å²) in [7, 11) is 0. The summed E-state index contributed by atoms with van der Waals surface area (Å²) in [5.74, 6) is 0.623. The molecule has 1 heterocycles. The van der Waals surface area contributed by atoms with Crippen molar-refractivity contribution >= 4 is 5.95 Å². The first kappa shape index (κ1) is 11.6. The zero-order valence-corrected chi connectivity index (χ0v) is 9.86. The quantitative estimate of drug-likeness (QED) is 0.860. The smallest absolute Gasteiger partial charge is 0.203 e. The number of halogens is 1. The Morgan fingerprint density at radius 2 is 2.29 bits per heavy atom. The third-order valence-electron chi connectivity index (χ3n) is 2.52. The number of imidazole rings is 1. The molecule has 0 saturated heterocycles. The summed E-state index contributed by atoms with van der Waals surface area (Å²) in [5, 5.41) is 3.21. The van der Waals surface area contributed by atoms with Gasteiger partial charge in [-0.05, 0) is 24.1 Å². The number of rotatable bonds is 5. The Balaban J connectivity index is 1.99. The lowest BCUT2D eigenvalue weighted by molar-refractivity contribution is 0.625. The highest BCUT2D eigenvalue weighted by Gasteiger charge is 2.01. The minimum absolute atomic E-state index is 0.207. The lowest BCUT2D eigenvalue weighted by Crippen LogP contribution is -2.07. The predicted molar refractivity (Wildman–Crippen MR) is 66.2 cm³/mol. The highest BCUT2D eigenvalue weighted by atomic mass is 19.1. The Morgan fingerprint density at radius 3 is 3.06 bits per heavy atom. The first-order chi connectivity index (χ1) is 8.29. The zero-order valence-electron chi connectivity index (χ0n) is 9.86. The van der Waals surface area contributed by atoms with Crippen LogP contribution in [0.1, 0.15) is 18.9 Å². The van der Waals surface area contributed by atoms with Crippen LogP contribution >= 0.6 is 0 Å². The molecule has 0 amide bonds. The summed E-state index contributed by atoms with van der Waals surface area (Å²) in [4.78, 5) is 4.23. The van der Waals surface area contributed by atoms with E-state index in [-0.39, 0.29) is 5.82 Å². The second kappa shape index (κ2) is 5.48. The summed E-state index contributed by atoms with van der Waals surface area (Å²) in [5.41, 5.74) is 0.913. The molecule has 1 aromatic heterocycles. The summed E-state index contributed by atoms with van der Waals surface area (Å²) in [6.45, 7) is 3.64. The van der Waals surface area contributed by atoms with E-state index < -0.39 is 0 Å². The SMILES string of the molecule is CCCn1ccnc1NCc1cccc(F)c1. The molecule has 0 aliphatic carbocycles. The van der Waals surface area contributed by atoms with E-state index in [1.54, 1.807) is 12.3 Å². The van der Waals surface area contributed by atoms with Crippen molar-refractivity contribution in [2.75, 3.05) is 5.32 Å². The fourth-order valence-electron chi connectivity index (χ4n) is 1.73. The van der Waals surface area contributed by atoms with Gasteiger partial charge >= 0.3 is 0 Å². The van der Waals surface area contributed by atoms with Gasteiger partial charge in [0.25, 0.3) is 0 Å². The second-order valence-corrected chi connectivity index (χ2v) is 3.93. The fourth-order valence-corrected chi connectivity index (χ4v) is 1.73. The molecule has 3 nitrogen and oxygen atoms in total. The standard InChI is InChI=1S/C13H16FN3/c1-2-7-17-8-6-15-13(17)16-10-11-4-3-5-12(14)9-11/h3-6,8-9H,2,7,10H2,1H3,(H,15,16). The van der Waals surface area contributed by atoms with E-state index in [2.05, 4.69) is 21.8 Å². The van der Waals surface area contributed by atoms with Gasteiger partial charge in [0.2, 0.25) is 5.95 Å². The molecule has 0 atom stereocenters. The van der Waals surface area contributed by atoms with Gasteiger partial charge in [-0.1, -0.05) is 19.1 Å². The second-order valence-electron chi connectivity index (χ2n) is 3.93. The van der Waals surface area contributed by atoms with E-state index in [0.29, 0.717) is 6.54 Å². The molecule has 0 spiro atoms. The molecule has 0 radical (unpaired) electrons. The molecular formula is C13H16FN3. The summed E-state index contributed by atoms with van der Waals surface area (Å²) < 4.78 is 15.0. The average Bonchev–Trinajstić information content (AvgIpc) is 2.75. The van der Waals surface area contributed by atoms with Crippen molar-refractivity contribution in [3.8, 4) is 0 Å². The van der Waals surface area contributed by atoms with Crippen molar-refractivity contribution in [2.24, 2.45) is 0 Å². The van der Waals surface area contributed by atoms with Gasteiger partial charge in [-0.25, -0.2) is 9.37 Å². The van der Waals surface area contributed by atoms with Gasteiger partial charge in [-0.2, -0.15) is 0 Å². The van der Waals surface area contributed by atoms with Gasteiger partial charge in [-0.15, -0.1) is 0 Å². The largest absolute Gasteiger partial charge is 0.352 e. The van der Waals surface area contributed by atoms with Crippen LogP contribution in [0.5, 0.6) is 0 Å².